The van der Waals surface area contributed by atoms with E-state index >= 15 is 0 Å². The van der Waals surface area contributed by atoms with E-state index in [0.717, 1.165) is 6.42 Å². The van der Waals surface area contributed by atoms with Crippen molar-refractivity contribution in [3.05, 3.63) is 0 Å². The van der Waals surface area contributed by atoms with E-state index in [9.17, 15) is 4.79 Å². The number of amides is 1. The summed E-state index contributed by atoms with van der Waals surface area (Å²) in [5.41, 5.74) is 5.85. The quantitative estimate of drug-likeness (QED) is 0.778. The molecule has 3 nitrogen and oxygen atoms in total. The zero-order chi connectivity index (χ0) is 13.9. The highest BCUT2D eigenvalue weighted by Gasteiger charge is 2.28. The lowest BCUT2D eigenvalue weighted by molar-refractivity contribution is -0.125. The van der Waals surface area contributed by atoms with Gasteiger partial charge in [-0.15, -0.1) is 0 Å². The van der Waals surface area contributed by atoms with Crippen LogP contribution in [0.3, 0.4) is 0 Å². The molecule has 0 bridgehead atoms. The smallest absolute Gasteiger partial charge is 0.237 e. The molecule has 0 aromatic heterocycles. The molecule has 0 aromatic carbocycles. The van der Waals surface area contributed by atoms with Crippen LogP contribution in [0.1, 0.15) is 54.9 Å². The van der Waals surface area contributed by atoms with E-state index in [4.69, 9.17) is 5.73 Å². The number of rotatable bonds is 5. The molecule has 0 unspecified atom stereocenters. The Kier molecular flexibility index (Phi) is 5.66. The van der Waals surface area contributed by atoms with Crippen LogP contribution in [0.25, 0.3) is 0 Å². The fraction of sp³-hybridized carbons (Fsp3) is 0.929. The van der Waals surface area contributed by atoms with E-state index in [2.05, 4.69) is 33.0 Å². The minimum Gasteiger partial charge on any atom is -0.354 e. The number of carbonyl (C=O) groups excluding carboxylic acids is 1. The van der Waals surface area contributed by atoms with Gasteiger partial charge in [0, 0.05) is 6.54 Å². The molecule has 0 rings (SSSR count). The summed E-state index contributed by atoms with van der Waals surface area (Å²) in [5, 5.41) is 2.97. The minimum atomic E-state index is -0.447. The molecule has 1 amide bonds. The molecule has 0 aliphatic rings. The number of nitrogens with one attached hydrogen (secondary N) is 1. The van der Waals surface area contributed by atoms with E-state index < -0.39 is 6.04 Å². The van der Waals surface area contributed by atoms with E-state index in [0.29, 0.717) is 12.5 Å². The van der Waals surface area contributed by atoms with Crippen LogP contribution in [0.15, 0.2) is 0 Å². The highest BCUT2D eigenvalue weighted by atomic mass is 16.2. The van der Waals surface area contributed by atoms with Crippen LogP contribution < -0.4 is 11.1 Å². The summed E-state index contributed by atoms with van der Waals surface area (Å²) < 4.78 is 0. The van der Waals surface area contributed by atoms with E-state index in [1.165, 1.54) is 0 Å². The van der Waals surface area contributed by atoms with Gasteiger partial charge in [-0.05, 0) is 23.2 Å². The van der Waals surface area contributed by atoms with Crippen molar-refractivity contribution in [1.29, 1.82) is 0 Å². The summed E-state index contributed by atoms with van der Waals surface area (Å²) >= 11 is 0. The largest absolute Gasteiger partial charge is 0.354 e. The van der Waals surface area contributed by atoms with Gasteiger partial charge in [0.15, 0.2) is 0 Å². The lowest BCUT2D eigenvalue weighted by Gasteiger charge is -2.30. The molecule has 0 aliphatic carbocycles. The van der Waals surface area contributed by atoms with Gasteiger partial charge in [-0.3, -0.25) is 4.79 Å². The monoisotopic (exact) mass is 242 g/mol. The van der Waals surface area contributed by atoms with Crippen molar-refractivity contribution in [3.63, 3.8) is 0 Å². The molecule has 0 heterocycles. The second kappa shape index (κ2) is 5.85. The Balaban J connectivity index is 4.25. The number of hydrogen-bond acceptors (Lipinski definition) is 2. The third-order valence-corrected chi connectivity index (χ3v) is 2.92. The zero-order valence-electron chi connectivity index (χ0n) is 12.6. The first kappa shape index (κ1) is 16.4. The van der Waals surface area contributed by atoms with Gasteiger partial charge in [0.2, 0.25) is 5.91 Å². The maximum absolute atomic E-state index is 11.9. The van der Waals surface area contributed by atoms with Gasteiger partial charge in [-0.25, -0.2) is 0 Å². The Morgan fingerprint density at radius 3 is 2.00 bits per heavy atom. The van der Waals surface area contributed by atoms with Crippen molar-refractivity contribution in [1.82, 2.24) is 5.32 Å². The van der Waals surface area contributed by atoms with Crippen molar-refractivity contribution in [2.24, 2.45) is 22.5 Å². The molecule has 0 aromatic rings. The highest BCUT2D eigenvalue weighted by molar-refractivity contribution is 5.82. The van der Waals surface area contributed by atoms with Gasteiger partial charge in [-0.2, -0.15) is 0 Å². The predicted octanol–water partition coefficient (Wildman–Crippen LogP) is 2.55. The van der Waals surface area contributed by atoms with Crippen molar-refractivity contribution in [3.8, 4) is 0 Å². The van der Waals surface area contributed by atoms with Gasteiger partial charge in [0.05, 0.1) is 6.04 Å². The third-order valence-electron chi connectivity index (χ3n) is 2.92. The summed E-state index contributed by atoms with van der Waals surface area (Å²) in [6.45, 7) is 15.4. The molecule has 0 spiro atoms. The first-order valence-corrected chi connectivity index (χ1v) is 6.49. The normalized spacial score (nSPS) is 14.9. The molecule has 3 N–H and O–H groups in total. The summed E-state index contributed by atoms with van der Waals surface area (Å²) in [4.78, 5) is 11.9. The Labute approximate surface area is 107 Å². The molecule has 0 fully saturated rings. The Morgan fingerprint density at radius 2 is 1.65 bits per heavy atom. The van der Waals surface area contributed by atoms with Crippen LogP contribution >= 0.6 is 0 Å². The number of hydrogen-bond donors (Lipinski definition) is 2. The molecular weight excluding hydrogens is 212 g/mol. The molecule has 0 radical (unpaired) electrons. The van der Waals surface area contributed by atoms with Crippen LogP contribution in [0.4, 0.5) is 0 Å². The second-order valence-corrected chi connectivity index (χ2v) is 7.32. The highest BCUT2D eigenvalue weighted by Crippen LogP contribution is 2.24. The molecule has 1 atom stereocenters. The van der Waals surface area contributed by atoms with Crippen LogP contribution in [0.2, 0.25) is 0 Å². The van der Waals surface area contributed by atoms with Crippen LogP contribution in [0, 0.1) is 16.7 Å². The van der Waals surface area contributed by atoms with Gasteiger partial charge in [-0.1, -0.05) is 48.5 Å². The van der Waals surface area contributed by atoms with Crippen molar-refractivity contribution in [2.75, 3.05) is 6.54 Å². The first-order valence-electron chi connectivity index (χ1n) is 6.49. The fourth-order valence-electron chi connectivity index (χ4n) is 2.01. The first-order chi connectivity index (χ1) is 7.46. The maximum atomic E-state index is 11.9. The molecule has 102 valence electrons. The molecule has 3 heteroatoms. The van der Waals surface area contributed by atoms with Crippen molar-refractivity contribution >= 4 is 5.91 Å². The topological polar surface area (TPSA) is 55.1 Å². The Bertz CT molecular complexity index is 251. The van der Waals surface area contributed by atoms with Gasteiger partial charge in [0.25, 0.3) is 0 Å². The molecule has 17 heavy (non-hydrogen) atoms. The summed E-state index contributed by atoms with van der Waals surface area (Å²) in [6, 6.07) is -0.447. The SMILES string of the molecule is CC(C)CC(C)(C)CNC(=O)[C@@H](N)C(C)(C)C. The summed E-state index contributed by atoms with van der Waals surface area (Å²) in [5.74, 6) is 0.590. The minimum absolute atomic E-state index is 0.0469. The van der Waals surface area contributed by atoms with E-state index in [1.807, 2.05) is 20.8 Å². The zero-order valence-corrected chi connectivity index (χ0v) is 12.6. The maximum Gasteiger partial charge on any atom is 0.237 e. The average molecular weight is 242 g/mol. The Morgan fingerprint density at radius 1 is 1.18 bits per heavy atom. The second-order valence-electron chi connectivity index (χ2n) is 7.32. The molecule has 0 aliphatic heterocycles. The lowest BCUT2D eigenvalue weighted by Crippen LogP contribution is -2.50. The van der Waals surface area contributed by atoms with E-state index in [-0.39, 0.29) is 16.7 Å². The fourth-order valence-corrected chi connectivity index (χ4v) is 2.01. The van der Waals surface area contributed by atoms with E-state index in [1.54, 1.807) is 0 Å². The Hall–Kier alpha value is -0.570. The van der Waals surface area contributed by atoms with Gasteiger partial charge < -0.3 is 11.1 Å². The third kappa shape index (κ3) is 6.67. The van der Waals surface area contributed by atoms with Crippen LogP contribution in [-0.2, 0) is 4.79 Å². The molecule has 0 saturated heterocycles. The van der Waals surface area contributed by atoms with Crippen LogP contribution in [0.5, 0.6) is 0 Å². The van der Waals surface area contributed by atoms with Crippen molar-refractivity contribution < 1.29 is 4.79 Å². The standard InChI is InChI=1S/C14H30N2O/c1-10(2)8-14(6,7)9-16-12(17)11(15)13(3,4)5/h10-11H,8-9,15H2,1-7H3,(H,16,17)/t11-/m1/s1. The summed E-state index contributed by atoms with van der Waals surface area (Å²) in [7, 11) is 0. The number of carbonyl (C=O) groups is 1. The molecule has 0 saturated carbocycles. The average Bonchev–Trinajstić information content (AvgIpc) is 2.09. The number of nitrogens with two attached hydrogens (primary N) is 1. The predicted molar refractivity (Wildman–Crippen MR) is 73.7 cm³/mol. The van der Waals surface area contributed by atoms with Gasteiger partial charge >= 0.3 is 0 Å². The lowest BCUT2D eigenvalue weighted by atomic mass is 9.83. The van der Waals surface area contributed by atoms with Crippen molar-refractivity contribution in [2.45, 2.75) is 60.9 Å². The van der Waals surface area contributed by atoms with Gasteiger partial charge in [0.1, 0.15) is 0 Å². The molecular formula is C14H30N2O. The summed E-state index contributed by atoms with van der Waals surface area (Å²) in [6.07, 6.45) is 1.10. The van der Waals surface area contributed by atoms with Crippen LogP contribution in [-0.4, -0.2) is 18.5 Å².